The van der Waals surface area contributed by atoms with Crippen LogP contribution in [0.15, 0.2) is 58.5 Å². The van der Waals surface area contributed by atoms with Crippen molar-refractivity contribution < 1.29 is 19.7 Å². The molecule has 30 heavy (non-hydrogen) atoms. The topological polar surface area (TPSA) is 83.6 Å². The molecule has 0 amide bonds. The van der Waals surface area contributed by atoms with Gasteiger partial charge in [-0.05, 0) is 61.4 Å². The van der Waals surface area contributed by atoms with Crippen LogP contribution in [0, 0.1) is 13.8 Å². The van der Waals surface area contributed by atoms with Gasteiger partial charge in [0.25, 0.3) is 0 Å². The maximum absolute atomic E-state index is 10.2. The second kappa shape index (κ2) is 9.13. The van der Waals surface area contributed by atoms with E-state index in [2.05, 4.69) is 9.98 Å². The Morgan fingerprint density at radius 1 is 0.667 bits per heavy atom. The largest absolute Gasteiger partial charge is 0.507 e. The van der Waals surface area contributed by atoms with Gasteiger partial charge in [-0.1, -0.05) is 0 Å². The van der Waals surface area contributed by atoms with Crippen LogP contribution in [-0.2, 0) is 0 Å². The summed E-state index contributed by atoms with van der Waals surface area (Å²) in [5.41, 5.74) is 4.59. The molecule has 0 spiro atoms. The van der Waals surface area contributed by atoms with E-state index in [9.17, 15) is 10.2 Å². The van der Waals surface area contributed by atoms with Crippen LogP contribution >= 0.6 is 0 Å². The standard InChI is InChI=1S/C24H24N2O4/c1-15-9-21(25-13-17-5-7-19(29-3)11-23(17)27)22(10-16(15)2)26-14-18-6-8-20(30-4)12-24(18)28/h5-14,27-28H,1-4H3. The molecule has 2 N–H and O–H groups in total. The summed E-state index contributed by atoms with van der Waals surface area (Å²) < 4.78 is 10.2. The number of hydrogen-bond donors (Lipinski definition) is 2. The SMILES string of the molecule is COc1ccc(C=Nc2cc(C)c(C)cc2N=Cc2ccc(OC)cc2O)c(O)c1. The van der Waals surface area contributed by atoms with Crippen LogP contribution in [0.1, 0.15) is 22.3 Å². The van der Waals surface area contributed by atoms with Crippen LogP contribution in [0.5, 0.6) is 23.0 Å². The maximum Gasteiger partial charge on any atom is 0.128 e. The number of rotatable bonds is 6. The van der Waals surface area contributed by atoms with Gasteiger partial charge in [-0.2, -0.15) is 0 Å². The molecule has 0 fully saturated rings. The molecular weight excluding hydrogens is 380 g/mol. The Hall–Kier alpha value is -3.80. The lowest BCUT2D eigenvalue weighted by atomic mass is 10.1. The summed E-state index contributed by atoms with van der Waals surface area (Å²) in [5.74, 6) is 1.30. The van der Waals surface area contributed by atoms with E-state index in [0.29, 0.717) is 34.0 Å². The highest BCUT2D eigenvalue weighted by molar-refractivity contribution is 5.90. The highest BCUT2D eigenvalue weighted by Crippen LogP contribution is 2.32. The number of phenolic OH excluding ortho intramolecular Hbond substituents is 2. The van der Waals surface area contributed by atoms with Crippen LogP contribution in [-0.4, -0.2) is 36.9 Å². The summed E-state index contributed by atoms with van der Waals surface area (Å²) in [6, 6.07) is 13.9. The number of aromatic hydroxyl groups is 2. The van der Waals surface area contributed by atoms with Crippen LogP contribution in [0.2, 0.25) is 0 Å². The maximum atomic E-state index is 10.2. The Bertz CT molecular complexity index is 1030. The molecule has 0 bridgehead atoms. The number of aliphatic imine (C=N–C) groups is 2. The second-order valence-corrected chi connectivity index (χ2v) is 6.79. The fourth-order valence-electron chi connectivity index (χ4n) is 2.79. The van der Waals surface area contributed by atoms with Gasteiger partial charge in [-0.15, -0.1) is 0 Å². The lowest BCUT2D eigenvalue weighted by Crippen LogP contribution is -1.88. The monoisotopic (exact) mass is 404 g/mol. The summed E-state index contributed by atoms with van der Waals surface area (Å²) in [4.78, 5) is 9.07. The van der Waals surface area contributed by atoms with E-state index < -0.39 is 0 Å². The van der Waals surface area contributed by atoms with Gasteiger partial charge in [0.1, 0.15) is 23.0 Å². The predicted molar refractivity (Wildman–Crippen MR) is 120 cm³/mol. The Morgan fingerprint density at radius 2 is 1.07 bits per heavy atom. The molecule has 0 aliphatic rings. The minimum Gasteiger partial charge on any atom is -0.507 e. The fourth-order valence-corrected chi connectivity index (χ4v) is 2.79. The zero-order chi connectivity index (χ0) is 21.7. The normalized spacial score (nSPS) is 11.3. The lowest BCUT2D eigenvalue weighted by Gasteiger charge is -2.07. The van der Waals surface area contributed by atoms with Crippen molar-refractivity contribution in [1.29, 1.82) is 0 Å². The van der Waals surface area contributed by atoms with E-state index in [0.717, 1.165) is 11.1 Å². The molecule has 0 aliphatic carbocycles. The Morgan fingerprint density at radius 3 is 1.40 bits per heavy atom. The molecule has 0 unspecified atom stereocenters. The molecule has 0 saturated carbocycles. The highest BCUT2D eigenvalue weighted by atomic mass is 16.5. The molecule has 0 aliphatic heterocycles. The van der Waals surface area contributed by atoms with E-state index in [4.69, 9.17) is 9.47 Å². The van der Waals surface area contributed by atoms with Gasteiger partial charge in [0.2, 0.25) is 0 Å². The van der Waals surface area contributed by atoms with E-state index in [1.807, 2.05) is 26.0 Å². The number of aryl methyl sites for hydroxylation is 2. The average molecular weight is 404 g/mol. The van der Waals surface area contributed by atoms with Crippen molar-refractivity contribution in [2.45, 2.75) is 13.8 Å². The number of ether oxygens (including phenoxy) is 2. The van der Waals surface area contributed by atoms with Crippen molar-refractivity contribution in [2.24, 2.45) is 9.98 Å². The van der Waals surface area contributed by atoms with Crippen LogP contribution in [0.25, 0.3) is 0 Å². The summed E-state index contributed by atoms with van der Waals surface area (Å²) >= 11 is 0. The second-order valence-electron chi connectivity index (χ2n) is 6.79. The first-order chi connectivity index (χ1) is 14.4. The highest BCUT2D eigenvalue weighted by Gasteiger charge is 2.06. The molecule has 6 heteroatoms. The third-order valence-electron chi connectivity index (χ3n) is 4.75. The first-order valence-corrected chi connectivity index (χ1v) is 9.34. The van der Waals surface area contributed by atoms with Gasteiger partial charge < -0.3 is 19.7 Å². The first kappa shape index (κ1) is 20.9. The van der Waals surface area contributed by atoms with E-state index in [1.54, 1.807) is 50.9 Å². The molecule has 3 aromatic rings. The summed E-state index contributed by atoms with van der Waals surface area (Å²) in [6.45, 7) is 4.00. The van der Waals surface area contributed by atoms with Crippen molar-refractivity contribution in [3.05, 3.63) is 70.8 Å². The lowest BCUT2D eigenvalue weighted by molar-refractivity contribution is 0.407. The fraction of sp³-hybridized carbons (Fsp3) is 0.167. The van der Waals surface area contributed by atoms with Gasteiger partial charge in [0, 0.05) is 35.7 Å². The van der Waals surface area contributed by atoms with Gasteiger partial charge >= 0.3 is 0 Å². The summed E-state index contributed by atoms with van der Waals surface area (Å²) in [5, 5.41) is 20.3. The van der Waals surface area contributed by atoms with Crippen molar-refractivity contribution in [3.63, 3.8) is 0 Å². The number of phenols is 2. The van der Waals surface area contributed by atoms with Gasteiger partial charge in [-0.3, -0.25) is 9.98 Å². The molecule has 3 rings (SSSR count). The third-order valence-corrected chi connectivity index (χ3v) is 4.75. The molecule has 6 nitrogen and oxygen atoms in total. The quantitative estimate of drug-likeness (QED) is 0.551. The van der Waals surface area contributed by atoms with E-state index >= 15 is 0 Å². The average Bonchev–Trinajstić information content (AvgIpc) is 2.74. The summed E-state index contributed by atoms with van der Waals surface area (Å²) in [6.07, 6.45) is 3.17. The number of benzene rings is 3. The first-order valence-electron chi connectivity index (χ1n) is 9.34. The summed E-state index contributed by atoms with van der Waals surface area (Å²) in [7, 11) is 3.09. The predicted octanol–water partition coefficient (Wildman–Crippen LogP) is 5.23. The van der Waals surface area contributed by atoms with Crippen LogP contribution in [0.4, 0.5) is 11.4 Å². The number of methoxy groups -OCH3 is 2. The van der Waals surface area contributed by atoms with Crippen molar-refractivity contribution in [1.82, 2.24) is 0 Å². The zero-order valence-corrected chi connectivity index (χ0v) is 17.4. The van der Waals surface area contributed by atoms with E-state index in [1.165, 1.54) is 12.1 Å². The van der Waals surface area contributed by atoms with E-state index in [-0.39, 0.29) is 11.5 Å². The number of nitrogens with zero attached hydrogens (tertiary/aromatic N) is 2. The van der Waals surface area contributed by atoms with Crippen LogP contribution in [0.3, 0.4) is 0 Å². The molecule has 0 saturated heterocycles. The van der Waals surface area contributed by atoms with Crippen molar-refractivity contribution in [2.75, 3.05) is 14.2 Å². The van der Waals surface area contributed by atoms with Crippen LogP contribution < -0.4 is 9.47 Å². The smallest absolute Gasteiger partial charge is 0.128 e. The Balaban J connectivity index is 1.95. The Kier molecular flexibility index (Phi) is 6.37. The Labute approximate surface area is 175 Å². The molecule has 0 aromatic heterocycles. The molecule has 154 valence electrons. The molecule has 0 atom stereocenters. The third kappa shape index (κ3) is 4.78. The molecule has 0 heterocycles. The molecule has 3 aromatic carbocycles. The minimum atomic E-state index is 0.0788. The van der Waals surface area contributed by atoms with Crippen molar-refractivity contribution in [3.8, 4) is 23.0 Å². The molecular formula is C24H24N2O4. The van der Waals surface area contributed by atoms with Gasteiger partial charge in [0.05, 0.1) is 25.6 Å². The minimum absolute atomic E-state index is 0.0788. The van der Waals surface area contributed by atoms with Gasteiger partial charge in [-0.25, -0.2) is 0 Å². The zero-order valence-electron chi connectivity index (χ0n) is 17.4. The van der Waals surface area contributed by atoms with Crippen molar-refractivity contribution >= 4 is 23.8 Å². The van der Waals surface area contributed by atoms with Gasteiger partial charge in [0.15, 0.2) is 0 Å². The number of hydrogen-bond acceptors (Lipinski definition) is 6. The molecule has 0 radical (unpaired) electrons.